The van der Waals surface area contributed by atoms with E-state index in [9.17, 15) is 4.79 Å². The molecule has 1 amide bonds. The van der Waals surface area contributed by atoms with Gasteiger partial charge in [-0.1, -0.05) is 0 Å². The molecule has 0 aliphatic heterocycles. The van der Waals surface area contributed by atoms with Gasteiger partial charge in [-0.25, -0.2) is 9.97 Å². The van der Waals surface area contributed by atoms with Gasteiger partial charge in [0.1, 0.15) is 5.69 Å². The second kappa shape index (κ2) is 9.01. The molecule has 0 spiro atoms. The fourth-order valence-corrected chi connectivity index (χ4v) is 2.67. The van der Waals surface area contributed by atoms with Crippen LogP contribution < -0.4 is 15.1 Å². The van der Waals surface area contributed by atoms with Crippen molar-refractivity contribution >= 4 is 23.2 Å². The van der Waals surface area contributed by atoms with E-state index in [1.807, 2.05) is 43.0 Å². The Bertz CT molecular complexity index is 678. The predicted molar refractivity (Wildman–Crippen MR) is 104 cm³/mol. The highest BCUT2D eigenvalue weighted by molar-refractivity contribution is 6.03. The first kappa shape index (κ1) is 18.7. The van der Waals surface area contributed by atoms with Crippen molar-refractivity contribution in [1.82, 2.24) is 9.97 Å². The summed E-state index contributed by atoms with van der Waals surface area (Å²) in [5.74, 6) is 0.348. The Morgan fingerprint density at radius 1 is 0.920 bits per heavy atom. The van der Waals surface area contributed by atoms with Crippen molar-refractivity contribution in [2.24, 2.45) is 0 Å². The van der Waals surface area contributed by atoms with Crippen molar-refractivity contribution in [3.05, 3.63) is 42.2 Å². The number of hydrogen-bond donors (Lipinski definition) is 1. The Hall–Kier alpha value is -2.63. The molecule has 0 aliphatic carbocycles. The summed E-state index contributed by atoms with van der Waals surface area (Å²) in [7, 11) is 0. The Morgan fingerprint density at radius 3 is 2.08 bits per heavy atom. The second-order valence-electron chi connectivity index (χ2n) is 5.59. The topological polar surface area (TPSA) is 61.4 Å². The van der Waals surface area contributed by atoms with Gasteiger partial charge in [0, 0.05) is 43.8 Å². The molecule has 0 saturated carbocycles. The van der Waals surface area contributed by atoms with Gasteiger partial charge in [0.2, 0.25) is 5.95 Å². The minimum absolute atomic E-state index is 0.230. The van der Waals surface area contributed by atoms with E-state index in [1.165, 1.54) is 0 Å². The van der Waals surface area contributed by atoms with E-state index in [0.29, 0.717) is 11.6 Å². The molecule has 0 unspecified atom stereocenters. The van der Waals surface area contributed by atoms with Crippen LogP contribution in [0, 0.1) is 0 Å². The van der Waals surface area contributed by atoms with E-state index in [4.69, 9.17) is 0 Å². The van der Waals surface area contributed by atoms with Crippen molar-refractivity contribution in [3.63, 3.8) is 0 Å². The largest absolute Gasteiger partial charge is 0.372 e. The van der Waals surface area contributed by atoms with E-state index in [1.54, 1.807) is 12.3 Å². The van der Waals surface area contributed by atoms with Gasteiger partial charge in [-0.2, -0.15) is 0 Å². The predicted octanol–water partition coefficient (Wildman–Crippen LogP) is 3.42. The van der Waals surface area contributed by atoms with Crippen LogP contribution in [0.2, 0.25) is 0 Å². The van der Waals surface area contributed by atoms with Gasteiger partial charge in [0.05, 0.1) is 0 Å². The molecule has 2 aromatic rings. The first-order valence-corrected chi connectivity index (χ1v) is 8.87. The molecular formula is C19H27N5O. The van der Waals surface area contributed by atoms with Gasteiger partial charge in [0.25, 0.3) is 5.91 Å². The Labute approximate surface area is 149 Å². The van der Waals surface area contributed by atoms with Crippen LogP contribution in [0.25, 0.3) is 0 Å². The molecule has 25 heavy (non-hydrogen) atoms. The standard InChI is InChI=1S/C19H27N5O/c1-5-23(6-2)16-11-9-15(10-12-16)21-18(25)17-13-14-20-19(22-17)24(7-3)8-4/h9-14H,5-8H2,1-4H3,(H,21,25). The first-order chi connectivity index (χ1) is 12.1. The number of carbonyl (C=O) groups excluding carboxylic acids is 1. The fourth-order valence-electron chi connectivity index (χ4n) is 2.67. The first-order valence-electron chi connectivity index (χ1n) is 8.87. The van der Waals surface area contributed by atoms with Gasteiger partial charge in [-0.15, -0.1) is 0 Å². The van der Waals surface area contributed by atoms with Crippen molar-refractivity contribution in [3.8, 4) is 0 Å². The van der Waals surface area contributed by atoms with Crippen molar-refractivity contribution in [1.29, 1.82) is 0 Å². The SMILES string of the molecule is CCN(CC)c1ccc(NC(=O)c2ccnc(N(CC)CC)n2)cc1. The number of anilines is 3. The van der Waals surface area contributed by atoms with E-state index in [-0.39, 0.29) is 5.91 Å². The van der Waals surface area contributed by atoms with Crippen LogP contribution in [0.15, 0.2) is 36.5 Å². The quantitative estimate of drug-likeness (QED) is 0.797. The fraction of sp³-hybridized carbons (Fsp3) is 0.421. The zero-order chi connectivity index (χ0) is 18.2. The van der Waals surface area contributed by atoms with Gasteiger partial charge in [0.15, 0.2) is 0 Å². The summed E-state index contributed by atoms with van der Waals surface area (Å²) in [5.41, 5.74) is 2.27. The highest BCUT2D eigenvalue weighted by Gasteiger charge is 2.12. The lowest BCUT2D eigenvalue weighted by Crippen LogP contribution is -2.25. The number of aromatic nitrogens is 2. The average Bonchev–Trinajstić information content (AvgIpc) is 2.65. The number of carbonyl (C=O) groups is 1. The van der Waals surface area contributed by atoms with Crippen LogP contribution in [0.1, 0.15) is 38.2 Å². The molecule has 2 rings (SSSR count). The van der Waals surface area contributed by atoms with Gasteiger partial charge in [-0.3, -0.25) is 4.79 Å². The summed E-state index contributed by atoms with van der Waals surface area (Å²) in [6.45, 7) is 11.8. The molecule has 0 fully saturated rings. The zero-order valence-electron chi connectivity index (χ0n) is 15.5. The van der Waals surface area contributed by atoms with Crippen molar-refractivity contribution < 1.29 is 4.79 Å². The smallest absolute Gasteiger partial charge is 0.274 e. The van der Waals surface area contributed by atoms with Crippen LogP contribution in [0.4, 0.5) is 17.3 Å². The molecule has 1 heterocycles. The van der Waals surface area contributed by atoms with Crippen LogP contribution in [0.3, 0.4) is 0 Å². The average molecular weight is 341 g/mol. The molecule has 134 valence electrons. The third-order valence-electron chi connectivity index (χ3n) is 4.18. The molecule has 1 aromatic carbocycles. The third-order valence-corrected chi connectivity index (χ3v) is 4.18. The number of hydrogen-bond acceptors (Lipinski definition) is 5. The molecule has 0 aliphatic rings. The van der Waals surface area contributed by atoms with E-state index in [2.05, 4.69) is 34.0 Å². The number of nitrogens with zero attached hydrogens (tertiary/aromatic N) is 4. The molecule has 0 atom stereocenters. The lowest BCUT2D eigenvalue weighted by molar-refractivity contribution is 0.102. The normalized spacial score (nSPS) is 10.4. The van der Waals surface area contributed by atoms with Gasteiger partial charge >= 0.3 is 0 Å². The summed E-state index contributed by atoms with van der Waals surface area (Å²) in [6, 6.07) is 9.50. The van der Waals surface area contributed by atoms with E-state index >= 15 is 0 Å². The zero-order valence-corrected chi connectivity index (χ0v) is 15.5. The number of nitrogens with one attached hydrogen (secondary N) is 1. The molecular weight excluding hydrogens is 314 g/mol. The van der Waals surface area contributed by atoms with Crippen LogP contribution in [-0.2, 0) is 0 Å². The van der Waals surface area contributed by atoms with Crippen molar-refractivity contribution in [2.75, 3.05) is 41.3 Å². The number of benzene rings is 1. The monoisotopic (exact) mass is 341 g/mol. The highest BCUT2D eigenvalue weighted by Crippen LogP contribution is 2.18. The minimum atomic E-state index is -0.230. The Morgan fingerprint density at radius 2 is 1.52 bits per heavy atom. The number of amides is 1. The summed E-state index contributed by atoms with van der Waals surface area (Å²) in [4.78, 5) is 25.4. The summed E-state index contributed by atoms with van der Waals surface area (Å²) in [5, 5.41) is 2.90. The third kappa shape index (κ3) is 4.68. The Kier molecular flexibility index (Phi) is 6.74. The minimum Gasteiger partial charge on any atom is -0.372 e. The second-order valence-corrected chi connectivity index (χ2v) is 5.59. The summed E-state index contributed by atoms with van der Waals surface area (Å²) >= 11 is 0. The van der Waals surface area contributed by atoms with Crippen LogP contribution in [-0.4, -0.2) is 42.1 Å². The Balaban J connectivity index is 2.10. The van der Waals surface area contributed by atoms with Crippen LogP contribution in [0.5, 0.6) is 0 Å². The molecule has 1 aromatic heterocycles. The maximum atomic E-state index is 12.5. The molecule has 0 bridgehead atoms. The molecule has 6 heteroatoms. The van der Waals surface area contributed by atoms with E-state index < -0.39 is 0 Å². The molecule has 6 nitrogen and oxygen atoms in total. The molecule has 1 N–H and O–H groups in total. The number of rotatable bonds is 8. The van der Waals surface area contributed by atoms with Crippen molar-refractivity contribution in [2.45, 2.75) is 27.7 Å². The molecule has 0 saturated heterocycles. The molecule has 0 radical (unpaired) electrons. The summed E-state index contributed by atoms with van der Waals surface area (Å²) in [6.07, 6.45) is 1.62. The van der Waals surface area contributed by atoms with Gasteiger partial charge < -0.3 is 15.1 Å². The van der Waals surface area contributed by atoms with Gasteiger partial charge in [-0.05, 0) is 58.0 Å². The van der Waals surface area contributed by atoms with Crippen LogP contribution >= 0.6 is 0 Å². The maximum absolute atomic E-state index is 12.5. The lowest BCUT2D eigenvalue weighted by Gasteiger charge is -2.21. The highest BCUT2D eigenvalue weighted by atomic mass is 16.1. The lowest BCUT2D eigenvalue weighted by atomic mass is 10.2. The van der Waals surface area contributed by atoms with E-state index in [0.717, 1.165) is 37.6 Å². The summed E-state index contributed by atoms with van der Waals surface area (Å²) < 4.78 is 0. The maximum Gasteiger partial charge on any atom is 0.274 e.